The smallest absolute Gasteiger partial charge is 0.317 e. The number of piperidine rings is 1. The summed E-state index contributed by atoms with van der Waals surface area (Å²) in [6.45, 7) is 5.84. The third kappa shape index (κ3) is 4.57. The third-order valence-electron chi connectivity index (χ3n) is 5.17. The summed E-state index contributed by atoms with van der Waals surface area (Å²) in [4.78, 5) is 28.9. The zero-order valence-electron chi connectivity index (χ0n) is 15.1. The van der Waals surface area contributed by atoms with Crippen LogP contribution in [0, 0.1) is 5.92 Å². The van der Waals surface area contributed by atoms with Crippen LogP contribution in [0.2, 0.25) is 0 Å². The van der Waals surface area contributed by atoms with E-state index < -0.39 is 0 Å². The fraction of sp³-hybridized carbons (Fsp3) is 0.579. The minimum Gasteiger partial charge on any atom is -0.378 e. The summed E-state index contributed by atoms with van der Waals surface area (Å²) >= 11 is 3.53. The van der Waals surface area contributed by atoms with Crippen molar-refractivity contribution in [2.24, 2.45) is 5.92 Å². The molecular formula is C19H26BrN3O3. The van der Waals surface area contributed by atoms with Gasteiger partial charge in [0.1, 0.15) is 0 Å². The minimum atomic E-state index is -0.0780. The van der Waals surface area contributed by atoms with Crippen molar-refractivity contribution in [2.45, 2.75) is 25.8 Å². The summed E-state index contributed by atoms with van der Waals surface area (Å²) in [6, 6.07) is 7.75. The van der Waals surface area contributed by atoms with Crippen LogP contribution in [-0.4, -0.2) is 61.1 Å². The number of carbonyl (C=O) groups excluding carboxylic acids is 2. The summed E-state index contributed by atoms with van der Waals surface area (Å²) in [5, 5.41) is 3.06. The van der Waals surface area contributed by atoms with Crippen LogP contribution in [0.5, 0.6) is 0 Å². The maximum Gasteiger partial charge on any atom is 0.317 e. The van der Waals surface area contributed by atoms with Crippen LogP contribution in [0.15, 0.2) is 28.7 Å². The number of likely N-dealkylation sites (tertiary alicyclic amines) is 1. The Bertz CT molecular complexity index is 641. The van der Waals surface area contributed by atoms with Gasteiger partial charge in [0.25, 0.3) is 0 Å². The molecule has 2 aliphatic heterocycles. The van der Waals surface area contributed by atoms with Gasteiger partial charge in [0.2, 0.25) is 5.91 Å². The molecule has 7 heteroatoms. The molecule has 1 aromatic rings. The molecule has 0 radical (unpaired) electrons. The molecule has 3 rings (SSSR count). The van der Waals surface area contributed by atoms with Crippen molar-refractivity contribution in [3.63, 3.8) is 0 Å². The van der Waals surface area contributed by atoms with E-state index in [1.807, 2.05) is 41.0 Å². The molecule has 0 spiro atoms. The third-order valence-corrected chi connectivity index (χ3v) is 5.89. The summed E-state index contributed by atoms with van der Waals surface area (Å²) in [6.07, 6.45) is 1.46. The van der Waals surface area contributed by atoms with Gasteiger partial charge in [-0.25, -0.2) is 4.79 Å². The lowest BCUT2D eigenvalue weighted by molar-refractivity contribution is -0.141. The Kier molecular flexibility index (Phi) is 6.53. The molecule has 0 saturated carbocycles. The predicted molar refractivity (Wildman–Crippen MR) is 103 cm³/mol. The first kappa shape index (κ1) is 19.2. The highest BCUT2D eigenvalue weighted by Gasteiger charge is 2.31. The number of amides is 3. The lowest BCUT2D eigenvalue weighted by Crippen LogP contribution is -2.49. The number of carbonyl (C=O) groups is 2. The molecule has 0 aromatic heterocycles. The average Bonchev–Trinajstić information content (AvgIpc) is 2.68. The van der Waals surface area contributed by atoms with Crippen LogP contribution in [0.3, 0.4) is 0 Å². The van der Waals surface area contributed by atoms with Gasteiger partial charge < -0.3 is 19.9 Å². The highest BCUT2D eigenvalue weighted by atomic mass is 79.9. The molecule has 6 nitrogen and oxygen atoms in total. The Labute approximate surface area is 163 Å². The first-order chi connectivity index (χ1) is 12.6. The maximum absolute atomic E-state index is 12.6. The van der Waals surface area contributed by atoms with Crippen LogP contribution in [0.1, 0.15) is 31.4 Å². The van der Waals surface area contributed by atoms with Crippen LogP contribution in [0.4, 0.5) is 4.79 Å². The van der Waals surface area contributed by atoms with Gasteiger partial charge in [-0.05, 0) is 31.4 Å². The number of ether oxygens (including phenoxy) is 1. The number of rotatable bonds is 3. The quantitative estimate of drug-likeness (QED) is 0.812. The van der Waals surface area contributed by atoms with Gasteiger partial charge in [-0.1, -0.05) is 34.1 Å². The average molecular weight is 424 g/mol. The first-order valence-electron chi connectivity index (χ1n) is 9.22. The van der Waals surface area contributed by atoms with Gasteiger partial charge in [0, 0.05) is 36.6 Å². The predicted octanol–water partition coefficient (Wildman–Crippen LogP) is 2.79. The van der Waals surface area contributed by atoms with Crippen molar-refractivity contribution >= 4 is 27.9 Å². The van der Waals surface area contributed by atoms with E-state index in [1.165, 1.54) is 0 Å². The number of nitrogens with zero attached hydrogens (tertiary/aromatic N) is 2. The van der Waals surface area contributed by atoms with E-state index in [4.69, 9.17) is 4.74 Å². The molecule has 1 aromatic carbocycles. The number of hydrogen-bond acceptors (Lipinski definition) is 3. The van der Waals surface area contributed by atoms with Gasteiger partial charge >= 0.3 is 6.03 Å². The SMILES string of the molecule is CC(NC(=O)N1CCC(C(=O)N2CCOCC2)CC1)c1ccccc1Br. The lowest BCUT2D eigenvalue weighted by Gasteiger charge is -2.36. The van der Waals surface area contributed by atoms with Crippen LogP contribution in [0.25, 0.3) is 0 Å². The summed E-state index contributed by atoms with van der Waals surface area (Å²) < 4.78 is 6.30. The molecule has 142 valence electrons. The fourth-order valence-electron chi connectivity index (χ4n) is 3.55. The second kappa shape index (κ2) is 8.86. The van der Waals surface area contributed by atoms with Crippen molar-refractivity contribution < 1.29 is 14.3 Å². The van der Waals surface area contributed by atoms with Crippen molar-refractivity contribution in [3.05, 3.63) is 34.3 Å². The van der Waals surface area contributed by atoms with E-state index in [0.29, 0.717) is 39.4 Å². The first-order valence-corrected chi connectivity index (χ1v) is 10.0. The van der Waals surface area contributed by atoms with E-state index in [2.05, 4.69) is 21.2 Å². The van der Waals surface area contributed by atoms with Crippen molar-refractivity contribution in [1.82, 2.24) is 15.1 Å². The standard InChI is InChI=1S/C19H26BrN3O3/c1-14(16-4-2-3-5-17(16)20)21-19(25)23-8-6-15(7-9-23)18(24)22-10-12-26-13-11-22/h2-5,14-15H,6-13H2,1H3,(H,21,25). The zero-order valence-corrected chi connectivity index (χ0v) is 16.7. The molecule has 26 heavy (non-hydrogen) atoms. The largest absolute Gasteiger partial charge is 0.378 e. The lowest BCUT2D eigenvalue weighted by atomic mass is 9.95. The van der Waals surface area contributed by atoms with Gasteiger partial charge in [0.15, 0.2) is 0 Å². The van der Waals surface area contributed by atoms with E-state index in [9.17, 15) is 9.59 Å². The van der Waals surface area contributed by atoms with Gasteiger partial charge in [-0.2, -0.15) is 0 Å². The van der Waals surface area contributed by atoms with E-state index in [0.717, 1.165) is 22.9 Å². The highest BCUT2D eigenvalue weighted by Crippen LogP contribution is 2.24. The summed E-state index contributed by atoms with van der Waals surface area (Å²) in [5.41, 5.74) is 1.05. The van der Waals surface area contributed by atoms with E-state index >= 15 is 0 Å². The number of morpholine rings is 1. The van der Waals surface area contributed by atoms with Crippen LogP contribution in [-0.2, 0) is 9.53 Å². The summed E-state index contributed by atoms with van der Waals surface area (Å²) in [5.74, 6) is 0.243. The topological polar surface area (TPSA) is 61.9 Å². The molecule has 2 fully saturated rings. The van der Waals surface area contributed by atoms with Crippen LogP contribution >= 0.6 is 15.9 Å². The molecule has 1 atom stereocenters. The molecule has 0 aliphatic carbocycles. The zero-order chi connectivity index (χ0) is 18.5. The number of urea groups is 1. The second-order valence-electron chi connectivity index (χ2n) is 6.89. The Morgan fingerprint density at radius 1 is 1.12 bits per heavy atom. The number of nitrogens with one attached hydrogen (secondary N) is 1. The Morgan fingerprint density at radius 3 is 2.42 bits per heavy atom. The van der Waals surface area contributed by atoms with Gasteiger partial charge in [0.05, 0.1) is 19.3 Å². The molecule has 1 unspecified atom stereocenters. The van der Waals surface area contributed by atoms with Crippen molar-refractivity contribution in [3.8, 4) is 0 Å². The maximum atomic E-state index is 12.6. The van der Waals surface area contributed by atoms with Gasteiger partial charge in [-0.3, -0.25) is 4.79 Å². The van der Waals surface area contributed by atoms with Crippen LogP contribution < -0.4 is 5.32 Å². The monoisotopic (exact) mass is 423 g/mol. The molecular weight excluding hydrogens is 398 g/mol. The van der Waals surface area contributed by atoms with Crippen molar-refractivity contribution in [2.75, 3.05) is 39.4 Å². The Hall–Kier alpha value is -1.60. The fourth-order valence-corrected chi connectivity index (χ4v) is 4.18. The minimum absolute atomic E-state index is 0.0258. The van der Waals surface area contributed by atoms with Gasteiger partial charge in [-0.15, -0.1) is 0 Å². The van der Waals surface area contributed by atoms with E-state index in [-0.39, 0.29) is 23.9 Å². The second-order valence-corrected chi connectivity index (χ2v) is 7.75. The number of halogens is 1. The number of benzene rings is 1. The molecule has 2 heterocycles. The molecule has 2 saturated heterocycles. The normalized spacial score (nSPS) is 19.9. The molecule has 2 aliphatic rings. The molecule has 1 N–H and O–H groups in total. The Balaban J connectivity index is 1.49. The summed E-state index contributed by atoms with van der Waals surface area (Å²) in [7, 11) is 0. The molecule has 0 bridgehead atoms. The van der Waals surface area contributed by atoms with Crippen molar-refractivity contribution in [1.29, 1.82) is 0 Å². The highest BCUT2D eigenvalue weighted by molar-refractivity contribution is 9.10. The number of hydrogen-bond donors (Lipinski definition) is 1. The van der Waals surface area contributed by atoms with E-state index in [1.54, 1.807) is 0 Å². The Morgan fingerprint density at radius 2 is 1.77 bits per heavy atom. The molecule has 3 amide bonds.